The lowest BCUT2D eigenvalue weighted by Crippen LogP contribution is -2.42. The minimum Gasteiger partial charge on any atom is -0.393 e. The fourth-order valence-corrected chi connectivity index (χ4v) is 5.21. The molecule has 0 unspecified atom stereocenters. The number of aliphatic hydroxyl groups is 2. The molecule has 2 nitrogen and oxygen atoms in total. The molecular weight excluding hydrogens is 272 g/mol. The average Bonchev–Trinajstić information content (AvgIpc) is 2.82. The quantitative estimate of drug-likeness (QED) is 0.615. The molecule has 2 rings (SSSR count). The van der Waals surface area contributed by atoms with E-state index in [4.69, 9.17) is 0 Å². The zero-order chi connectivity index (χ0) is 16.2. The van der Waals surface area contributed by atoms with Crippen LogP contribution in [0.5, 0.6) is 0 Å². The number of unbranched alkanes of at least 4 members (excludes halogenated alkanes) is 4. The lowest BCUT2D eigenvalue weighted by molar-refractivity contribution is -0.0407. The van der Waals surface area contributed by atoms with E-state index in [1.165, 1.54) is 57.8 Å². The average molecular weight is 311 g/mol. The van der Waals surface area contributed by atoms with Gasteiger partial charge in [0.15, 0.2) is 0 Å². The zero-order valence-electron chi connectivity index (χ0n) is 15.1. The Hall–Kier alpha value is -0.0800. The van der Waals surface area contributed by atoms with Crippen LogP contribution in [-0.2, 0) is 0 Å². The summed E-state index contributed by atoms with van der Waals surface area (Å²) in [4.78, 5) is 0. The SMILES string of the molecule is CC(C)(O)CCCCCCC[C@@H]1CC[C@H](O)[C@@H]2CCC[C@@]12C. The molecule has 0 bridgehead atoms. The Kier molecular flexibility index (Phi) is 6.36. The maximum atomic E-state index is 10.3. The summed E-state index contributed by atoms with van der Waals surface area (Å²) in [6, 6.07) is 0. The third kappa shape index (κ3) is 4.71. The normalized spacial score (nSPS) is 35.6. The number of rotatable bonds is 8. The molecule has 130 valence electrons. The Morgan fingerprint density at radius 3 is 2.41 bits per heavy atom. The highest BCUT2D eigenvalue weighted by molar-refractivity contribution is 4.99. The van der Waals surface area contributed by atoms with Crippen LogP contribution < -0.4 is 0 Å². The number of hydrogen-bond acceptors (Lipinski definition) is 2. The van der Waals surface area contributed by atoms with Gasteiger partial charge in [-0.1, -0.05) is 45.4 Å². The molecule has 2 N–H and O–H groups in total. The van der Waals surface area contributed by atoms with Gasteiger partial charge in [-0.2, -0.15) is 0 Å². The summed E-state index contributed by atoms with van der Waals surface area (Å²) in [6.45, 7) is 6.27. The Bertz CT molecular complexity index is 333. The van der Waals surface area contributed by atoms with Gasteiger partial charge in [-0.25, -0.2) is 0 Å². The van der Waals surface area contributed by atoms with Gasteiger partial charge in [0.2, 0.25) is 0 Å². The van der Waals surface area contributed by atoms with Crippen molar-refractivity contribution in [1.82, 2.24) is 0 Å². The predicted octanol–water partition coefficient (Wildman–Crippen LogP) is 5.07. The number of fused-ring (bicyclic) bond motifs is 1. The van der Waals surface area contributed by atoms with E-state index in [1.54, 1.807) is 0 Å². The van der Waals surface area contributed by atoms with E-state index in [0.29, 0.717) is 11.3 Å². The highest BCUT2D eigenvalue weighted by Gasteiger charge is 2.49. The summed E-state index contributed by atoms with van der Waals surface area (Å²) in [5.74, 6) is 1.43. The molecule has 2 saturated carbocycles. The van der Waals surface area contributed by atoms with Gasteiger partial charge in [0, 0.05) is 0 Å². The molecule has 0 aliphatic heterocycles. The van der Waals surface area contributed by atoms with Crippen molar-refractivity contribution in [1.29, 1.82) is 0 Å². The van der Waals surface area contributed by atoms with Crippen molar-refractivity contribution in [2.45, 2.75) is 110 Å². The van der Waals surface area contributed by atoms with Crippen molar-refractivity contribution in [3.8, 4) is 0 Å². The zero-order valence-corrected chi connectivity index (χ0v) is 15.1. The minimum absolute atomic E-state index is 0.0226. The maximum absolute atomic E-state index is 10.3. The Balaban J connectivity index is 1.63. The van der Waals surface area contributed by atoms with Gasteiger partial charge in [-0.15, -0.1) is 0 Å². The van der Waals surface area contributed by atoms with Crippen LogP contribution in [0.15, 0.2) is 0 Å². The fourth-order valence-electron chi connectivity index (χ4n) is 5.21. The fraction of sp³-hybridized carbons (Fsp3) is 1.00. The van der Waals surface area contributed by atoms with E-state index < -0.39 is 5.60 Å². The summed E-state index contributed by atoms with van der Waals surface area (Å²) in [5.41, 5.74) is -0.0619. The van der Waals surface area contributed by atoms with Gasteiger partial charge in [0.25, 0.3) is 0 Å². The highest BCUT2D eigenvalue weighted by Crippen LogP contribution is 2.56. The van der Waals surface area contributed by atoms with Crippen LogP contribution in [0.3, 0.4) is 0 Å². The van der Waals surface area contributed by atoms with Crippen LogP contribution in [0.2, 0.25) is 0 Å². The van der Waals surface area contributed by atoms with Gasteiger partial charge >= 0.3 is 0 Å². The maximum Gasteiger partial charge on any atom is 0.0591 e. The van der Waals surface area contributed by atoms with Crippen molar-refractivity contribution in [3.63, 3.8) is 0 Å². The Labute approximate surface area is 137 Å². The van der Waals surface area contributed by atoms with Crippen LogP contribution in [0, 0.1) is 17.3 Å². The molecule has 0 radical (unpaired) electrons. The lowest BCUT2D eigenvalue weighted by Gasteiger charge is -2.46. The monoisotopic (exact) mass is 310 g/mol. The van der Waals surface area contributed by atoms with Gasteiger partial charge < -0.3 is 10.2 Å². The lowest BCUT2D eigenvalue weighted by atomic mass is 9.60. The molecule has 0 amide bonds. The van der Waals surface area contributed by atoms with Crippen LogP contribution in [0.1, 0.15) is 97.8 Å². The third-order valence-corrected chi connectivity index (χ3v) is 6.63. The first-order valence-electron chi connectivity index (χ1n) is 9.73. The summed E-state index contributed by atoms with van der Waals surface area (Å²) in [7, 11) is 0. The van der Waals surface area contributed by atoms with Gasteiger partial charge in [0.05, 0.1) is 11.7 Å². The number of hydrogen-bond donors (Lipinski definition) is 2. The molecule has 0 heterocycles. The van der Waals surface area contributed by atoms with E-state index in [-0.39, 0.29) is 6.10 Å². The molecule has 4 atom stereocenters. The first-order valence-corrected chi connectivity index (χ1v) is 9.73. The van der Waals surface area contributed by atoms with E-state index in [0.717, 1.165) is 25.2 Å². The first-order chi connectivity index (χ1) is 10.3. The van der Waals surface area contributed by atoms with Crippen molar-refractivity contribution in [2.75, 3.05) is 0 Å². The largest absolute Gasteiger partial charge is 0.393 e. The summed E-state index contributed by atoms with van der Waals surface area (Å²) in [6.07, 6.45) is 14.9. The van der Waals surface area contributed by atoms with Crippen LogP contribution in [0.25, 0.3) is 0 Å². The molecule has 2 aliphatic rings. The second kappa shape index (κ2) is 7.66. The second-order valence-corrected chi connectivity index (χ2v) is 8.97. The van der Waals surface area contributed by atoms with Crippen molar-refractivity contribution >= 4 is 0 Å². The molecule has 2 heteroatoms. The first kappa shape index (κ1) is 18.3. The van der Waals surface area contributed by atoms with Gasteiger partial charge in [-0.05, 0) is 69.6 Å². The molecule has 0 spiro atoms. The second-order valence-electron chi connectivity index (χ2n) is 8.97. The van der Waals surface area contributed by atoms with Crippen LogP contribution >= 0.6 is 0 Å². The third-order valence-electron chi connectivity index (χ3n) is 6.63. The molecule has 0 aromatic carbocycles. The van der Waals surface area contributed by atoms with Crippen molar-refractivity contribution < 1.29 is 10.2 Å². The topological polar surface area (TPSA) is 40.5 Å². The van der Waals surface area contributed by atoms with Gasteiger partial charge in [-0.3, -0.25) is 0 Å². The molecule has 22 heavy (non-hydrogen) atoms. The number of aliphatic hydroxyl groups excluding tert-OH is 1. The van der Waals surface area contributed by atoms with E-state index in [2.05, 4.69) is 6.92 Å². The standard InChI is InChI=1S/C20H38O2/c1-19(2,22)14-8-6-4-5-7-10-16-12-13-18(21)17-11-9-15-20(16,17)3/h16-18,21-22H,4-15H2,1-3H3/t16-,17+,18+,20+/m1/s1. The van der Waals surface area contributed by atoms with E-state index >= 15 is 0 Å². The summed E-state index contributed by atoms with van der Waals surface area (Å²) in [5, 5.41) is 20.0. The van der Waals surface area contributed by atoms with E-state index in [1.807, 2.05) is 13.8 Å². The molecule has 0 aromatic rings. The molecule has 2 aliphatic carbocycles. The minimum atomic E-state index is -0.491. The summed E-state index contributed by atoms with van der Waals surface area (Å²) < 4.78 is 0. The van der Waals surface area contributed by atoms with E-state index in [9.17, 15) is 10.2 Å². The molecule has 0 aromatic heterocycles. The van der Waals surface area contributed by atoms with Crippen molar-refractivity contribution in [3.05, 3.63) is 0 Å². The van der Waals surface area contributed by atoms with Crippen LogP contribution in [0.4, 0.5) is 0 Å². The predicted molar refractivity (Wildman–Crippen MR) is 92.8 cm³/mol. The summed E-state index contributed by atoms with van der Waals surface area (Å²) >= 11 is 0. The van der Waals surface area contributed by atoms with Crippen LogP contribution in [-0.4, -0.2) is 21.9 Å². The molecule has 2 fully saturated rings. The Morgan fingerprint density at radius 1 is 1.00 bits per heavy atom. The smallest absolute Gasteiger partial charge is 0.0591 e. The molecular formula is C20H38O2. The highest BCUT2D eigenvalue weighted by atomic mass is 16.3. The molecule has 0 saturated heterocycles. The van der Waals surface area contributed by atoms with Gasteiger partial charge in [0.1, 0.15) is 0 Å². The van der Waals surface area contributed by atoms with Crippen molar-refractivity contribution in [2.24, 2.45) is 17.3 Å². The Morgan fingerprint density at radius 2 is 1.68 bits per heavy atom.